The molecule has 1 heterocycles. The Kier molecular flexibility index (Phi) is 2.63. The second-order valence-electron chi connectivity index (χ2n) is 3.34. The highest BCUT2D eigenvalue weighted by Crippen LogP contribution is 2.28. The Bertz CT molecular complexity index is 374. The van der Waals surface area contributed by atoms with Crippen molar-refractivity contribution in [3.8, 4) is 0 Å². The molecule has 0 bridgehead atoms. The molecule has 1 amide bonds. The van der Waals surface area contributed by atoms with Gasteiger partial charge in [-0.25, -0.2) is 0 Å². The van der Waals surface area contributed by atoms with Gasteiger partial charge in [0.1, 0.15) is 11.4 Å². The topological polar surface area (TPSA) is 83.4 Å². The lowest BCUT2D eigenvalue weighted by molar-refractivity contribution is -0.137. The van der Waals surface area contributed by atoms with Gasteiger partial charge >= 0.3 is 5.97 Å². The Balaban J connectivity index is 2.10. The van der Waals surface area contributed by atoms with Crippen molar-refractivity contribution in [1.82, 2.24) is 14.5 Å². The summed E-state index contributed by atoms with van der Waals surface area (Å²) in [5.41, 5.74) is 0. The van der Waals surface area contributed by atoms with Crippen LogP contribution in [0.3, 0.4) is 0 Å². The molecule has 1 aromatic heterocycles. The quantitative estimate of drug-likeness (QED) is 0.795. The van der Waals surface area contributed by atoms with E-state index in [2.05, 4.69) is 9.59 Å². The number of carbonyl (C=O) groups excluding carboxylic acids is 1. The van der Waals surface area contributed by atoms with Gasteiger partial charge in [-0.3, -0.25) is 9.59 Å². The van der Waals surface area contributed by atoms with Gasteiger partial charge in [-0.15, -0.1) is 5.10 Å². The van der Waals surface area contributed by atoms with Crippen molar-refractivity contribution in [3.63, 3.8) is 0 Å². The molecular formula is C8H9N3O3S. The minimum Gasteiger partial charge on any atom is -0.480 e. The summed E-state index contributed by atoms with van der Waals surface area (Å²) in [5.74, 6) is -1.28. The van der Waals surface area contributed by atoms with Gasteiger partial charge in [-0.2, -0.15) is 0 Å². The summed E-state index contributed by atoms with van der Waals surface area (Å²) in [5, 5.41) is 12.2. The number of carboxylic acids is 1. The standard InChI is InChI=1S/C8H9N3O3S/c12-7(13)4-11(5-1-2-5)8(14)6-3-9-10-15-6/h3,5H,1-2,4H2,(H,12,13). The predicted octanol–water partition coefficient (Wildman–Crippen LogP) is 0.227. The van der Waals surface area contributed by atoms with Crippen LogP contribution in [0.1, 0.15) is 22.5 Å². The summed E-state index contributed by atoms with van der Waals surface area (Å²) < 4.78 is 3.58. The van der Waals surface area contributed by atoms with Gasteiger partial charge in [0.2, 0.25) is 0 Å². The molecule has 1 aliphatic carbocycles. The molecule has 15 heavy (non-hydrogen) atoms. The van der Waals surface area contributed by atoms with Crippen LogP contribution < -0.4 is 0 Å². The molecule has 1 N–H and O–H groups in total. The molecule has 1 aromatic rings. The van der Waals surface area contributed by atoms with Crippen LogP contribution in [-0.4, -0.2) is 44.1 Å². The van der Waals surface area contributed by atoms with E-state index in [4.69, 9.17) is 5.11 Å². The fourth-order valence-electron chi connectivity index (χ4n) is 1.30. The van der Waals surface area contributed by atoms with Crippen molar-refractivity contribution in [2.75, 3.05) is 6.54 Å². The Morgan fingerprint density at radius 2 is 2.33 bits per heavy atom. The molecule has 2 rings (SSSR count). The lowest BCUT2D eigenvalue weighted by atomic mass is 10.4. The van der Waals surface area contributed by atoms with Gasteiger partial charge in [0.25, 0.3) is 5.91 Å². The van der Waals surface area contributed by atoms with E-state index >= 15 is 0 Å². The molecule has 80 valence electrons. The van der Waals surface area contributed by atoms with Crippen molar-refractivity contribution >= 4 is 23.4 Å². The average molecular weight is 227 g/mol. The zero-order valence-corrected chi connectivity index (χ0v) is 8.61. The van der Waals surface area contributed by atoms with E-state index in [1.54, 1.807) is 0 Å². The monoisotopic (exact) mass is 227 g/mol. The second kappa shape index (κ2) is 3.93. The smallest absolute Gasteiger partial charge is 0.323 e. The minimum atomic E-state index is -0.993. The highest BCUT2D eigenvalue weighted by Gasteiger charge is 2.34. The number of hydrogen-bond donors (Lipinski definition) is 1. The minimum absolute atomic E-state index is 0.0794. The van der Waals surface area contributed by atoms with Crippen LogP contribution >= 0.6 is 11.5 Å². The van der Waals surface area contributed by atoms with E-state index in [1.165, 1.54) is 11.1 Å². The van der Waals surface area contributed by atoms with E-state index < -0.39 is 5.97 Å². The highest BCUT2D eigenvalue weighted by molar-refractivity contribution is 7.07. The van der Waals surface area contributed by atoms with E-state index in [0.29, 0.717) is 4.88 Å². The summed E-state index contributed by atoms with van der Waals surface area (Å²) in [6, 6.07) is 0.0794. The van der Waals surface area contributed by atoms with Gasteiger partial charge in [0, 0.05) is 6.04 Å². The van der Waals surface area contributed by atoms with Crippen LogP contribution in [0.2, 0.25) is 0 Å². The van der Waals surface area contributed by atoms with Crippen LogP contribution in [0.15, 0.2) is 6.20 Å². The van der Waals surface area contributed by atoms with E-state index in [9.17, 15) is 9.59 Å². The fraction of sp³-hybridized carbons (Fsp3) is 0.500. The number of aromatic nitrogens is 2. The molecule has 0 radical (unpaired) electrons. The molecule has 1 fully saturated rings. The second-order valence-corrected chi connectivity index (χ2v) is 4.13. The maximum Gasteiger partial charge on any atom is 0.323 e. The van der Waals surface area contributed by atoms with E-state index in [1.807, 2.05) is 0 Å². The van der Waals surface area contributed by atoms with Gasteiger partial charge in [0.05, 0.1) is 6.20 Å². The van der Waals surface area contributed by atoms with Crippen LogP contribution in [-0.2, 0) is 4.79 Å². The predicted molar refractivity (Wildman–Crippen MR) is 51.6 cm³/mol. The van der Waals surface area contributed by atoms with Crippen LogP contribution in [0.25, 0.3) is 0 Å². The zero-order chi connectivity index (χ0) is 10.8. The largest absolute Gasteiger partial charge is 0.480 e. The third kappa shape index (κ3) is 2.30. The average Bonchev–Trinajstić information content (AvgIpc) is 2.88. The molecule has 0 spiro atoms. The van der Waals surface area contributed by atoms with E-state index in [0.717, 1.165) is 24.4 Å². The maximum atomic E-state index is 11.8. The van der Waals surface area contributed by atoms with Crippen molar-refractivity contribution in [3.05, 3.63) is 11.1 Å². The first-order valence-electron chi connectivity index (χ1n) is 4.48. The van der Waals surface area contributed by atoms with Gasteiger partial charge < -0.3 is 10.0 Å². The lowest BCUT2D eigenvalue weighted by Crippen LogP contribution is -2.37. The number of rotatable bonds is 4. The van der Waals surface area contributed by atoms with E-state index in [-0.39, 0.29) is 18.5 Å². The summed E-state index contributed by atoms with van der Waals surface area (Å²) in [6.45, 7) is -0.249. The number of nitrogens with zero attached hydrogens (tertiary/aromatic N) is 3. The van der Waals surface area contributed by atoms with Crippen molar-refractivity contribution in [1.29, 1.82) is 0 Å². The molecule has 7 heteroatoms. The normalized spacial score (nSPS) is 14.9. The first kappa shape index (κ1) is 10.0. The summed E-state index contributed by atoms with van der Waals surface area (Å²) in [6.07, 6.45) is 3.13. The summed E-state index contributed by atoms with van der Waals surface area (Å²) in [7, 11) is 0. The third-order valence-corrected chi connectivity index (χ3v) is 2.78. The molecule has 6 nitrogen and oxygen atoms in total. The zero-order valence-electron chi connectivity index (χ0n) is 7.79. The van der Waals surface area contributed by atoms with Crippen LogP contribution in [0, 0.1) is 0 Å². The summed E-state index contributed by atoms with van der Waals surface area (Å²) >= 11 is 0.986. The fourth-order valence-corrected chi connectivity index (χ4v) is 1.77. The lowest BCUT2D eigenvalue weighted by Gasteiger charge is -2.18. The highest BCUT2D eigenvalue weighted by atomic mass is 32.1. The number of carboxylic acid groups (broad SMARTS) is 1. The van der Waals surface area contributed by atoms with Gasteiger partial charge in [-0.05, 0) is 24.4 Å². The maximum absolute atomic E-state index is 11.8. The Morgan fingerprint density at radius 3 is 2.80 bits per heavy atom. The molecule has 0 aromatic carbocycles. The number of aliphatic carboxylic acids is 1. The SMILES string of the molecule is O=C(O)CN(C(=O)c1cnns1)C1CC1. The number of carbonyl (C=O) groups is 2. The molecule has 1 saturated carbocycles. The molecule has 0 aliphatic heterocycles. The Hall–Kier alpha value is -1.50. The molecular weight excluding hydrogens is 218 g/mol. The molecule has 0 unspecified atom stereocenters. The first-order chi connectivity index (χ1) is 7.18. The first-order valence-corrected chi connectivity index (χ1v) is 5.26. The van der Waals surface area contributed by atoms with Crippen molar-refractivity contribution in [2.45, 2.75) is 18.9 Å². The molecule has 0 atom stereocenters. The van der Waals surface area contributed by atoms with Crippen LogP contribution in [0.5, 0.6) is 0 Å². The Morgan fingerprint density at radius 1 is 1.60 bits per heavy atom. The van der Waals surface area contributed by atoms with Crippen molar-refractivity contribution < 1.29 is 14.7 Å². The van der Waals surface area contributed by atoms with Gasteiger partial charge in [0.15, 0.2) is 0 Å². The van der Waals surface area contributed by atoms with Gasteiger partial charge in [-0.1, -0.05) is 4.49 Å². The third-order valence-electron chi connectivity index (χ3n) is 2.13. The van der Waals surface area contributed by atoms with Crippen molar-refractivity contribution in [2.24, 2.45) is 0 Å². The summed E-state index contributed by atoms with van der Waals surface area (Å²) in [4.78, 5) is 24.2. The molecule has 1 aliphatic rings. The Labute approximate surface area is 89.7 Å². The number of amides is 1. The number of hydrogen-bond acceptors (Lipinski definition) is 5. The van der Waals surface area contributed by atoms with Crippen LogP contribution in [0.4, 0.5) is 0 Å². The molecule has 0 saturated heterocycles.